The molecule has 1 aromatic carbocycles. The highest BCUT2D eigenvalue weighted by atomic mass is 19.4. The lowest BCUT2D eigenvalue weighted by Crippen LogP contribution is -2.31. The van der Waals surface area contributed by atoms with Crippen molar-refractivity contribution in [1.82, 2.24) is 14.9 Å². The van der Waals surface area contributed by atoms with E-state index in [9.17, 15) is 13.2 Å². The molecule has 0 aliphatic carbocycles. The van der Waals surface area contributed by atoms with Gasteiger partial charge in [0.1, 0.15) is 0 Å². The van der Waals surface area contributed by atoms with E-state index in [4.69, 9.17) is 0 Å². The van der Waals surface area contributed by atoms with E-state index in [0.717, 1.165) is 22.2 Å². The number of fused-ring (bicyclic) bond motifs is 1. The monoisotopic (exact) mass is 271 g/mol. The fourth-order valence-electron chi connectivity index (χ4n) is 1.92. The molecule has 0 radical (unpaired) electrons. The normalized spacial score (nSPS) is 12.3. The van der Waals surface area contributed by atoms with Gasteiger partial charge in [0, 0.05) is 13.1 Å². The molecule has 2 rings (SSSR count). The molecule has 1 N–H and O–H groups in total. The minimum absolute atomic E-state index is 0.262. The van der Waals surface area contributed by atoms with Gasteiger partial charge in [-0.3, -0.25) is 0 Å². The van der Waals surface area contributed by atoms with Gasteiger partial charge in [-0.15, -0.1) is 0 Å². The summed E-state index contributed by atoms with van der Waals surface area (Å²) in [6, 6.07) is 4.01. The van der Waals surface area contributed by atoms with E-state index < -0.39 is 12.7 Å². The summed E-state index contributed by atoms with van der Waals surface area (Å²) < 4.78 is 37.8. The van der Waals surface area contributed by atoms with Crippen LogP contribution < -0.4 is 5.32 Å². The molecule has 0 atom stereocenters. The molecule has 1 aromatic heterocycles. The molecule has 0 fully saturated rings. The van der Waals surface area contributed by atoms with E-state index in [1.165, 1.54) is 0 Å². The van der Waals surface area contributed by atoms with Crippen molar-refractivity contribution in [3.05, 3.63) is 29.6 Å². The van der Waals surface area contributed by atoms with Crippen molar-refractivity contribution in [1.29, 1.82) is 0 Å². The predicted molar refractivity (Wildman–Crippen MR) is 68.1 cm³/mol. The van der Waals surface area contributed by atoms with Gasteiger partial charge in [0.15, 0.2) is 0 Å². The van der Waals surface area contributed by atoms with Crippen LogP contribution >= 0.6 is 0 Å². The minimum Gasteiger partial charge on any atom is -0.329 e. The molecule has 1 heterocycles. The number of benzene rings is 1. The van der Waals surface area contributed by atoms with Gasteiger partial charge in [0.25, 0.3) is 0 Å². The fourth-order valence-corrected chi connectivity index (χ4v) is 1.92. The molecule has 0 bridgehead atoms. The Morgan fingerprint density at radius 1 is 1.21 bits per heavy atom. The lowest BCUT2D eigenvalue weighted by atomic mass is 10.1. The molecule has 0 aliphatic heterocycles. The number of hydrogen-bond donors (Lipinski definition) is 1. The number of halogens is 3. The van der Waals surface area contributed by atoms with Crippen LogP contribution in [0.15, 0.2) is 18.5 Å². The number of aryl methyl sites for hydroxylation is 2. The summed E-state index contributed by atoms with van der Waals surface area (Å²) in [5, 5.41) is 2.38. The largest absolute Gasteiger partial charge is 0.401 e. The number of imidazole rings is 1. The maximum absolute atomic E-state index is 12.0. The number of alkyl halides is 3. The van der Waals surface area contributed by atoms with E-state index in [0.29, 0.717) is 6.54 Å². The highest BCUT2D eigenvalue weighted by Crippen LogP contribution is 2.18. The Bertz CT molecular complexity index is 572. The Hall–Kier alpha value is -1.56. The van der Waals surface area contributed by atoms with Crippen LogP contribution in [-0.4, -0.2) is 28.8 Å². The molecule has 3 nitrogen and oxygen atoms in total. The molecule has 104 valence electrons. The van der Waals surface area contributed by atoms with Crippen LogP contribution in [0, 0.1) is 13.8 Å². The smallest absolute Gasteiger partial charge is 0.329 e. The van der Waals surface area contributed by atoms with Gasteiger partial charge in [-0.2, -0.15) is 13.2 Å². The molecular weight excluding hydrogens is 255 g/mol. The summed E-state index contributed by atoms with van der Waals surface area (Å²) in [5.41, 5.74) is 4.14. The van der Waals surface area contributed by atoms with Crippen molar-refractivity contribution in [2.75, 3.05) is 13.1 Å². The zero-order chi connectivity index (χ0) is 14.0. The second-order valence-corrected chi connectivity index (χ2v) is 4.66. The van der Waals surface area contributed by atoms with E-state index in [1.54, 1.807) is 6.33 Å². The van der Waals surface area contributed by atoms with Gasteiger partial charge in [0.2, 0.25) is 0 Å². The number of nitrogens with one attached hydrogen (secondary N) is 1. The third-order valence-electron chi connectivity index (χ3n) is 3.09. The second-order valence-electron chi connectivity index (χ2n) is 4.66. The van der Waals surface area contributed by atoms with E-state index in [2.05, 4.69) is 10.3 Å². The molecule has 2 aromatic rings. The summed E-state index contributed by atoms with van der Waals surface area (Å²) in [6.45, 7) is 3.79. The molecule has 0 aliphatic rings. The van der Waals surface area contributed by atoms with E-state index in [-0.39, 0.29) is 6.54 Å². The summed E-state index contributed by atoms with van der Waals surface area (Å²) in [4.78, 5) is 4.26. The van der Waals surface area contributed by atoms with Crippen LogP contribution in [0.25, 0.3) is 11.0 Å². The lowest BCUT2D eigenvalue weighted by Gasteiger charge is -2.09. The molecule has 0 spiro atoms. The SMILES string of the molecule is Cc1cc2ncn(CCNCC(F)(F)F)c2cc1C. The van der Waals surface area contributed by atoms with Crippen LogP contribution in [-0.2, 0) is 6.54 Å². The quantitative estimate of drug-likeness (QED) is 0.867. The zero-order valence-electron chi connectivity index (χ0n) is 10.9. The average molecular weight is 271 g/mol. The number of rotatable bonds is 4. The molecular formula is C13H16F3N3. The zero-order valence-corrected chi connectivity index (χ0v) is 10.9. The van der Waals surface area contributed by atoms with Crippen molar-refractivity contribution >= 4 is 11.0 Å². The van der Waals surface area contributed by atoms with Gasteiger partial charge in [-0.1, -0.05) is 0 Å². The maximum atomic E-state index is 12.0. The summed E-state index contributed by atoms with van der Waals surface area (Å²) >= 11 is 0. The number of nitrogens with zero attached hydrogens (tertiary/aromatic N) is 2. The van der Waals surface area contributed by atoms with Crippen molar-refractivity contribution in [3.8, 4) is 0 Å². The Morgan fingerprint density at radius 3 is 2.58 bits per heavy atom. The minimum atomic E-state index is -4.16. The molecule has 0 saturated heterocycles. The first-order chi connectivity index (χ1) is 8.87. The molecule has 0 unspecified atom stereocenters. The summed E-state index contributed by atoms with van der Waals surface area (Å²) in [7, 11) is 0. The Kier molecular flexibility index (Phi) is 3.80. The van der Waals surface area contributed by atoms with Crippen molar-refractivity contribution in [2.45, 2.75) is 26.6 Å². The van der Waals surface area contributed by atoms with Crippen LogP contribution in [0.4, 0.5) is 13.2 Å². The van der Waals surface area contributed by atoms with Crippen molar-refractivity contribution in [2.24, 2.45) is 0 Å². The van der Waals surface area contributed by atoms with Crippen LogP contribution in [0.1, 0.15) is 11.1 Å². The highest BCUT2D eigenvalue weighted by Gasteiger charge is 2.25. The van der Waals surface area contributed by atoms with Crippen molar-refractivity contribution < 1.29 is 13.2 Å². The van der Waals surface area contributed by atoms with Gasteiger partial charge >= 0.3 is 6.18 Å². The van der Waals surface area contributed by atoms with Crippen LogP contribution in [0.3, 0.4) is 0 Å². The third kappa shape index (κ3) is 3.47. The maximum Gasteiger partial charge on any atom is 0.401 e. The average Bonchev–Trinajstić information content (AvgIpc) is 2.67. The molecule has 0 amide bonds. The molecule has 0 saturated carbocycles. The lowest BCUT2D eigenvalue weighted by molar-refractivity contribution is -0.124. The summed E-state index contributed by atoms with van der Waals surface area (Å²) in [5.74, 6) is 0. The van der Waals surface area contributed by atoms with Gasteiger partial charge in [0.05, 0.1) is 23.9 Å². The third-order valence-corrected chi connectivity index (χ3v) is 3.09. The van der Waals surface area contributed by atoms with Crippen molar-refractivity contribution in [3.63, 3.8) is 0 Å². The predicted octanol–water partition coefficient (Wildman–Crippen LogP) is 2.81. The van der Waals surface area contributed by atoms with Gasteiger partial charge in [-0.05, 0) is 37.1 Å². The van der Waals surface area contributed by atoms with Crippen LogP contribution in [0.2, 0.25) is 0 Å². The topological polar surface area (TPSA) is 29.9 Å². The van der Waals surface area contributed by atoms with E-state index >= 15 is 0 Å². The van der Waals surface area contributed by atoms with Gasteiger partial charge in [-0.25, -0.2) is 4.98 Å². The Balaban J connectivity index is 2.03. The molecule has 6 heteroatoms. The van der Waals surface area contributed by atoms with Crippen LogP contribution in [0.5, 0.6) is 0 Å². The van der Waals surface area contributed by atoms with E-state index in [1.807, 2.05) is 30.5 Å². The Labute approximate surface area is 109 Å². The first kappa shape index (κ1) is 13.9. The highest BCUT2D eigenvalue weighted by molar-refractivity contribution is 5.77. The second kappa shape index (κ2) is 5.21. The summed E-state index contributed by atoms with van der Waals surface area (Å²) in [6.07, 6.45) is -2.50. The number of aromatic nitrogens is 2. The molecule has 19 heavy (non-hydrogen) atoms. The Morgan fingerprint density at radius 2 is 1.89 bits per heavy atom. The first-order valence-electron chi connectivity index (χ1n) is 6.06. The standard InChI is InChI=1S/C13H16F3N3/c1-9-5-11-12(6-10(9)2)19(8-18-11)4-3-17-7-13(14,15)16/h5-6,8,17H,3-4,7H2,1-2H3. The number of hydrogen-bond acceptors (Lipinski definition) is 2. The first-order valence-corrected chi connectivity index (χ1v) is 6.06. The van der Waals surface area contributed by atoms with Gasteiger partial charge < -0.3 is 9.88 Å². The fraction of sp³-hybridized carbons (Fsp3) is 0.462.